The number of nitrogens with one attached hydrogen (secondary N) is 1. The number of carbonyl (C=O) groups is 2. The van der Waals surface area contributed by atoms with Crippen molar-refractivity contribution in [1.29, 1.82) is 0 Å². The Kier molecular flexibility index (Phi) is 5.68. The van der Waals surface area contributed by atoms with Crippen molar-refractivity contribution in [1.82, 2.24) is 4.90 Å². The van der Waals surface area contributed by atoms with Crippen LogP contribution < -0.4 is 5.32 Å². The van der Waals surface area contributed by atoms with E-state index in [4.69, 9.17) is 11.6 Å². The highest BCUT2D eigenvalue weighted by Gasteiger charge is 2.34. The van der Waals surface area contributed by atoms with Gasteiger partial charge in [-0.2, -0.15) is 0 Å². The first-order chi connectivity index (χ1) is 16.1. The van der Waals surface area contributed by atoms with Gasteiger partial charge in [-0.1, -0.05) is 84.4 Å². The van der Waals surface area contributed by atoms with E-state index >= 15 is 0 Å². The van der Waals surface area contributed by atoms with Crippen molar-refractivity contribution in [3.63, 3.8) is 0 Å². The quantitative estimate of drug-likeness (QED) is 0.403. The van der Waals surface area contributed by atoms with Gasteiger partial charge in [0.2, 0.25) is 5.91 Å². The van der Waals surface area contributed by atoms with Crippen molar-refractivity contribution in [2.75, 3.05) is 11.9 Å². The van der Waals surface area contributed by atoms with Gasteiger partial charge < -0.3 is 10.2 Å². The molecule has 0 bridgehead atoms. The third-order valence-corrected chi connectivity index (χ3v) is 6.06. The van der Waals surface area contributed by atoms with Crippen LogP contribution in [0.1, 0.15) is 27.5 Å². The van der Waals surface area contributed by atoms with Crippen LogP contribution in [0.15, 0.2) is 103 Å². The molecule has 0 aliphatic carbocycles. The van der Waals surface area contributed by atoms with Crippen molar-refractivity contribution < 1.29 is 9.59 Å². The predicted molar refractivity (Wildman–Crippen MR) is 131 cm³/mol. The number of carbonyl (C=O) groups excluding carboxylic acids is 2. The van der Waals surface area contributed by atoms with E-state index in [-0.39, 0.29) is 18.4 Å². The Morgan fingerprint density at radius 1 is 0.818 bits per heavy atom. The van der Waals surface area contributed by atoms with Crippen LogP contribution in [0.2, 0.25) is 5.02 Å². The lowest BCUT2D eigenvalue weighted by atomic mass is 9.95. The maximum atomic E-state index is 13.7. The number of halogens is 1. The first-order valence-corrected chi connectivity index (χ1v) is 11.1. The van der Waals surface area contributed by atoms with Crippen LogP contribution in [0.4, 0.5) is 5.69 Å². The molecule has 0 saturated heterocycles. The molecular formula is C28H21ClN2O2. The van der Waals surface area contributed by atoms with Crippen LogP contribution in [0.25, 0.3) is 11.1 Å². The van der Waals surface area contributed by atoms with Crippen LogP contribution in [0.5, 0.6) is 0 Å². The molecule has 5 rings (SSSR count). The van der Waals surface area contributed by atoms with Gasteiger partial charge in [-0.15, -0.1) is 0 Å². The van der Waals surface area contributed by atoms with Gasteiger partial charge in [-0.25, -0.2) is 0 Å². The van der Waals surface area contributed by atoms with E-state index < -0.39 is 6.04 Å². The smallest absolute Gasteiger partial charge is 0.255 e. The van der Waals surface area contributed by atoms with E-state index in [1.165, 1.54) is 0 Å². The zero-order chi connectivity index (χ0) is 22.8. The Balaban J connectivity index is 1.57. The molecule has 0 unspecified atom stereocenters. The summed E-state index contributed by atoms with van der Waals surface area (Å²) in [7, 11) is 0. The standard InChI is InChI=1S/C28H21ClN2O2/c29-23-15-16-25-24(17-23)27(21-9-5-2-6-10-21)31(18-26(32)30-25)28(33)22-13-11-20(12-14-22)19-7-3-1-4-8-19/h1-17,27H,18H2,(H,30,32)/t27-/m1/s1. The van der Waals surface area contributed by atoms with Crippen LogP contribution in [0, 0.1) is 0 Å². The highest BCUT2D eigenvalue weighted by atomic mass is 35.5. The largest absolute Gasteiger partial charge is 0.324 e. The van der Waals surface area contributed by atoms with E-state index in [0.29, 0.717) is 16.3 Å². The molecule has 4 aromatic carbocycles. The molecule has 1 heterocycles. The molecule has 33 heavy (non-hydrogen) atoms. The van der Waals surface area contributed by atoms with Gasteiger partial charge in [0.05, 0.1) is 6.04 Å². The highest BCUT2D eigenvalue weighted by molar-refractivity contribution is 6.30. The molecule has 1 atom stereocenters. The summed E-state index contributed by atoms with van der Waals surface area (Å²) in [5, 5.41) is 3.47. The molecule has 0 fully saturated rings. The van der Waals surface area contributed by atoms with E-state index in [0.717, 1.165) is 22.3 Å². The number of fused-ring (bicyclic) bond motifs is 1. The summed E-state index contributed by atoms with van der Waals surface area (Å²) >= 11 is 6.32. The fraction of sp³-hybridized carbons (Fsp3) is 0.0714. The molecule has 2 amide bonds. The normalized spacial score (nSPS) is 15.4. The van der Waals surface area contributed by atoms with Crippen molar-refractivity contribution in [3.05, 3.63) is 125 Å². The van der Waals surface area contributed by atoms with Gasteiger partial charge in [0.15, 0.2) is 0 Å². The first kappa shape index (κ1) is 21.0. The summed E-state index contributed by atoms with van der Waals surface area (Å²) in [6, 6.07) is 32.1. The average Bonchev–Trinajstić information content (AvgIpc) is 3.00. The number of rotatable bonds is 3. The highest BCUT2D eigenvalue weighted by Crippen LogP contribution is 2.38. The van der Waals surface area contributed by atoms with Crippen molar-refractivity contribution >= 4 is 29.1 Å². The topological polar surface area (TPSA) is 49.4 Å². The molecule has 0 saturated carbocycles. The molecular weight excluding hydrogens is 432 g/mol. The number of hydrogen-bond donors (Lipinski definition) is 1. The monoisotopic (exact) mass is 452 g/mol. The number of nitrogens with zero attached hydrogens (tertiary/aromatic N) is 1. The predicted octanol–water partition coefficient (Wildman–Crippen LogP) is 6.19. The summed E-state index contributed by atoms with van der Waals surface area (Å²) in [6.07, 6.45) is 0. The summed E-state index contributed by atoms with van der Waals surface area (Å²) in [5.41, 5.74) is 4.98. The van der Waals surface area contributed by atoms with Gasteiger partial charge in [0, 0.05) is 21.8 Å². The SMILES string of the molecule is O=C1CN(C(=O)c2ccc(-c3ccccc3)cc2)[C@H](c2ccccc2)c2cc(Cl)ccc2N1. The van der Waals surface area contributed by atoms with E-state index in [9.17, 15) is 9.59 Å². The minimum absolute atomic E-state index is 0.0644. The number of benzene rings is 4. The lowest BCUT2D eigenvalue weighted by Gasteiger charge is -2.30. The second kappa shape index (κ2) is 8.93. The molecule has 1 N–H and O–H groups in total. The Hall–Kier alpha value is -3.89. The Morgan fingerprint density at radius 2 is 1.45 bits per heavy atom. The summed E-state index contributed by atoms with van der Waals surface area (Å²) < 4.78 is 0. The fourth-order valence-electron chi connectivity index (χ4n) is 4.26. The lowest BCUT2D eigenvalue weighted by Crippen LogP contribution is -2.39. The molecule has 4 nitrogen and oxygen atoms in total. The maximum Gasteiger partial charge on any atom is 0.255 e. The minimum Gasteiger partial charge on any atom is -0.324 e. The Labute approximate surface area is 197 Å². The van der Waals surface area contributed by atoms with Gasteiger partial charge >= 0.3 is 0 Å². The lowest BCUT2D eigenvalue weighted by molar-refractivity contribution is -0.117. The van der Waals surface area contributed by atoms with Gasteiger partial charge in [-0.05, 0) is 47.0 Å². The Bertz CT molecular complexity index is 1310. The molecule has 1 aliphatic heterocycles. The summed E-state index contributed by atoms with van der Waals surface area (Å²) in [5.74, 6) is -0.460. The molecule has 5 heteroatoms. The molecule has 0 radical (unpaired) electrons. The third kappa shape index (κ3) is 4.26. The van der Waals surface area contributed by atoms with Gasteiger partial charge in [-0.3, -0.25) is 9.59 Å². The van der Waals surface area contributed by atoms with Crippen molar-refractivity contribution in [2.45, 2.75) is 6.04 Å². The molecule has 1 aliphatic rings. The second-order valence-corrected chi connectivity index (χ2v) is 8.41. The van der Waals surface area contributed by atoms with E-state index in [1.807, 2.05) is 91.0 Å². The molecule has 4 aromatic rings. The molecule has 0 spiro atoms. The van der Waals surface area contributed by atoms with Crippen molar-refractivity contribution in [3.8, 4) is 11.1 Å². The zero-order valence-corrected chi connectivity index (χ0v) is 18.5. The molecule has 162 valence electrons. The van der Waals surface area contributed by atoms with E-state index in [1.54, 1.807) is 17.0 Å². The number of amides is 2. The van der Waals surface area contributed by atoms with Crippen LogP contribution in [-0.4, -0.2) is 23.3 Å². The second-order valence-electron chi connectivity index (χ2n) is 7.97. The van der Waals surface area contributed by atoms with Crippen LogP contribution in [0.3, 0.4) is 0 Å². The zero-order valence-electron chi connectivity index (χ0n) is 17.7. The van der Waals surface area contributed by atoms with E-state index in [2.05, 4.69) is 5.32 Å². The number of anilines is 1. The van der Waals surface area contributed by atoms with Gasteiger partial charge in [0.1, 0.15) is 6.54 Å². The summed E-state index contributed by atoms with van der Waals surface area (Å²) in [6.45, 7) is -0.0644. The first-order valence-electron chi connectivity index (χ1n) is 10.7. The minimum atomic E-state index is -0.458. The fourth-order valence-corrected chi connectivity index (χ4v) is 4.44. The average molecular weight is 453 g/mol. The van der Waals surface area contributed by atoms with Crippen LogP contribution >= 0.6 is 11.6 Å². The van der Waals surface area contributed by atoms with Gasteiger partial charge in [0.25, 0.3) is 5.91 Å². The van der Waals surface area contributed by atoms with Crippen molar-refractivity contribution in [2.24, 2.45) is 0 Å². The molecule has 0 aromatic heterocycles. The third-order valence-electron chi connectivity index (χ3n) is 5.82. The summed E-state index contributed by atoms with van der Waals surface area (Å²) in [4.78, 5) is 28.1. The maximum absolute atomic E-state index is 13.7. The number of hydrogen-bond acceptors (Lipinski definition) is 2. The van der Waals surface area contributed by atoms with Crippen LogP contribution in [-0.2, 0) is 4.79 Å². The Morgan fingerprint density at radius 3 is 2.15 bits per heavy atom.